The van der Waals surface area contributed by atoms with Gasteiger partial charge in [0.15, 0.2) is 6.79 Å². The van der Waals surface area contributed by atoms with Crippen LogP contribution in [0.15, 0.2) is 54.6 Å². The molecule has 0 aliphatic rings. The van der Waals surface area contributed by atoms with Gasteiger partial charge in [-0.2, -0.15) is 0 Å². The smallest absolute Gasteiger partial charge is 0.331 e. The van der Waals surface area contributed by atoms with Crippen molar-refractivity contribution in [1.82, 2.24) is 0 Å². The molecule has 2 aromatic rings. The van der Waals surface area contributed by atoms with Gasteiger partial charge in [0.05, 0.1) is 7.11 Å². The highest BCUT2D eigenvalue weighted by molar-refractivity contribution is 5.97. The molecule has 2 aromatic carbocycles. The van der Waals surface area contributed by atoms with Gasteiger partial charge in [-0.25, -0.2) is 4.79 Å². The first kappa shape index (κ1) is 16.8. The summed E-state index contributed by atoms with van der Waals surface area (Å²) in [4.78, 5) is 11.8. The standard InChI is InChI=1S/C19H20O4/c1-14-9-10-18(23-13-21-2)17(11-14)16(12-19(20)22-3)15-7-5-4-6-8-15/h4-12H,13H2,1-3H3/b16-12+. The van der Waals surface area contributed by atoms with Crippen molar-refractivity contribution in [2.24, 2.45) is 0 Å². The molecule has 0 amide bonds. The lowest BCUT2D eigenvalue weighted by Crippen LogP contribution is -2.04. The van der Waals surface area contributed by atoms with Crippen LogP contribution in [-0.2, 0) is 14.3 Å². The van der Waals surface area contributed by atoms with Crippen molar-refractivity contribution in [2.75, 3.05) is 21.0 Å². The Balaban J connectivity index is 2.57. The Bertz CT molecular complexity index is 690. The van der Waals surface area contributed by atoms with E-state index in [1.165, 1.54) is 13.2 Å². The number of carbonyl (C=O) groups is 1. The molecule has 0 fully saturated rings. The Hall–Kier alpha value is -2.59. The van der Waals surface area contributed by atoms with Crippen LogP contribution in [0.4, 0.5) is 0 Å². The van der Waals surface area contributed by atoms with Crippen molar-refractivity contribution >= 4 is 11.5 Å². The minimum absolute atomic E-state index is 0.135. The van der Waals surface area contributed by atoms with Gasteiger partial charge in [-0.05, 0) is 30.2 Å². The Morgan fingerprint density at radius 2 is 1.83 bits per heavy atom. The van der Waals surface area contributed by atoms with Crippen LogP contribution in [0.25, 0.3) is 5.57 Å². The molecule has 0 atom stereocenters. The van der Waals surface area contributed by atoms with Crippen LogP contribution < -0.4 is 4.74 Å². The van der Waals surface area contributed by atoms with Crippen LogP contribution >= 0.6 is 0 Å². The van der Waals surface area contributed by atoms with E-state index in [9.17, 15) is 4.79 Å². The van der Waals surface area contributed by atoms with Gasteiger partial charge in [-0.3, -0.25) is 0 Å². The van der Waals surface area contributed by atoms with Crippen molar-refractivity contribution in [2.45, 2.75) is 6.92 Å². The molecular weight excluding hydrogens is 292 g/mol. The number of rotatable bonds is 6. The second-order valence-corrected chi connectivity index (χ2v) is 5.00. The highest BCUT2D eigenvalue weighted by atomic mass is 16.7. The first-order valence-corrected chi connectivity index (χ1v) is 7.23. The molecule has 0 radical (unpaired) electrons. The third-order valence-electron chi connectivity index (χ3n) is 3.31. The number of methoxy groups -OCH3 is 2. The quantitative estimate of drug-likeness (QED) is 0.464. The maximum absolute atomic E-state index is 11.8. The Kier molecular flexibility index (Phi) is 5.94. The lowest BCUT2D eigenvalue weighted by atomic mass is 9.95. The molecule has 0 aliphatic heterocycles. The highest BCUT2D eigenvalue weighted by Gasteiger charge is 2.14. The second kappa shape index (κ2) is 8.15. The maximum Gasteiger partial charge on any atom is 0.331 e. The predicted molar refractivity (Wildman–Crippen MR) is 89.2 cm³/mol. The first-order valence-electron chi connectivity index (χ1n) is 7.23. The molecule has 0 aromatic heterocycles. The van der Waals surface area contributed by atoms with E-state index in [0.29, 0.717) is 5.75 Å². The van der Waals surface area contributed by atoms with E-state index in [2.05, 4.69) is 0 Å². The van der Waals surface area contributed by atoms with E-state index in [1.54, 1.807) is 7.11 Å². The number of hydrogen-bond acceptors (Lipinski definition) is 4. The van der Waals surface area contributed by atoms with Gasteiger partial charge in [0.1, 0.15) is 5.75 Å². The fraction of sp³-hybridized carbons (Fsp3) is 0.211. The fourth-order valence-corrected chi connectivity index (χ4v) is 2.21. The van der Waals surface area contributed by atoms with Crippen molar-refractivity contribution in [3.05, 3.63) is 71.3 Å². The second-order valence-electron chi connectivity index (χ2n) is 5.00. The van der Waals surface area contributed by atoms with Gasteiger partial charge in [0.25, 0.3) is 0 Å². The Morgan fingerprint density at radius 1 is 1.09 bits per heavy atom. The van der Waals surface area contributed by atoms with Gasteiger partial charge in [-0.1, -0.05) is 42.0 Å². The van der Waals surface area contributed by atoms with Crippen molar-refractivity contribution in [3.8, 4) is 5.75 Å². The summed E-state index contributed by atoms with van der Waals surface area (Å²) in [5.41, 5.74) is 3.54. The number of hydrogen-bond donors (Lipinski definition) is 0. The van der Waals surface area contributed by atoms with E-state index in [-0.39, 0.29) is 6.79 Å². The summed E-state index contributed by atoms with van der Waals surface area (Å²) in [5.74, 6) is 0.236. The summed E-state index contributed by atoms with van der Waals surface area (Å²) in [5, 5.41) is 0. The molecule has 0 saturated carbocycles. The number of carbonyl (C=O) groups excluding carboxylic acids is 1. The molecule has 0 N–H and O–H groups in total. The molecule has 0 heterocycles. The van der Waals surface area contributed by atoms with E-state index >= 15 is 0 Å². The molecule has 2 rings (SSSR count). The molecule has 23 heavy (non-hydrogen) atoms. The van der Waals surface area contributed by atoms with Crippen molar-refractivity contribution in [1.29, 1.82) is 0 Å². The van der Waals surface area contributed by atoms with Gasteiger partial charge in [0, 0.05) is 18.7 Å². The summed E-state index contributed by atoms with van der Waals surface area (Å²) in [6, 6.07) is 15.5. The largest absolute Gasteiger partial charge is 0.467 e. The lowest BCUT2D eigenvalue weighted by molar-refractivity contribution is -0.134. The summed E-state index contributed by atoms with van der Waals surface area (Å²) in [6.07, 6.45) is 1.48. The zero-order valence-corrected chi connectivity index (χ0v) is 13.5. The normalized spacial score (nSPS) is 11.2. The molecule has 0 saturated heterocycles. The molecule has 4 nitrogen and oxygen atoms in total. The third-order valence-corrected chi connectivity index (χ3v) is 3.31. The van der Waals surface area contributed by atoms with E-state index in [0.717, 1.165) is 22.3 Å². The maximum atomic E-state index is 11.8. The minimum atomic E-state index is -0.414. The average molecular weight is 312 g/mol. The zero-order chi connectivity index (χ0) is 16.7. The summed E-state index contributed by atoms with van der Waals surface area (Å²) >= 11 is 0. The number of ether oxygens (including phenoxy) is 3. The summed E-state index contributed by atoms with van der Waals surface area (Å²) < 4.78 is 15.4. The van der Waals surface area contributed by atoms with Gasteiger partial charge < -0.3 is 14.2 Å². The van der Waals surface area contributed by atoms with Crippen molar-refractivity contribution < 1.29 is 19.0 Å². The van der Waals surface area contributed by atoms with Crippen LogP contribution in [0.1, 0.15) is 16.7 Å². The molecule has 0 bridgehead atoms. The Labute approximate surface area is 136 Å². The average Bonchev–Trinajstić information content (AvgIpc) is 2.59. The van der Waals surface area contributed by atoms with Crippen molar-refractivity contribution in [3.63, 3.8) is 0 Å². The van der Waals surface area contributed by atoms with Crippen LogP contribution in [0.5, 0.6) is 5.75 Å². The molecular formula is C19H20O4. The lowest BCUT2D eigenvalue weighted by Gasteiger charge is -2.15. The molecule has 0 unspecified atom stereocenters. The molecule has 0 spiro atoms. The Morgan fingerprint density at radius 3 is 2.48 bits per heavy atom. The topological polar surface area (TPSA) is 44.8 Å². The fourth-order valence-electron chi connectivity index (χ4n) is 2.21. The van der Waals surface area contributed by atoms with E-state index in [1.807, 2.05) is 55.5 Å². The SMILES string of the molecule is COCOc1ccc(C)cc1/C(=C/C(=O)OC)c1ccccc1. The van der Waals surface area contributed by atoms with Gasteiger partial charge in [-0.15, -0.1) is 0 Å². The predicted octanol–water partition coefficient (Wildman–Crippen LogP) is 3.58. The highest BCUT2D eigenvalue weighted by Crippen LogP contribution is 2.32. The summed E-state index contributed by atoms with van der Waals surface area (Å²) in [6.45, 7) is 2.13. The monoisotopic (exact) mass is 312 g/mol. The van der Waals surface area contributed by atoms with Crippen LogP contribution in [0.3, 0.4) is 0 Å². The zero-order valence-electron chi connectivity index (χ0n) is 13.5. The van der Waals surface area contributed by atoms with Crippen LogP contribution in [0.2, 0.25) is 0 Å². The van der Waals surface area contributed by atoms with Crippen LogP contribution in [0, 0.1) is 6.92 Å². The van der Waals surface area contributed by atoms with E-state index in [4.69, 9.17) is 14.2 Å². The number of aryl methyl sites for hydroxylation is 1. The number of benzene rings is 2. The third kappa shape index (κ3) is 4.44. The minimum Gasteiger partial charge on any atom is -0.467 e. The number of esters is 1. The molecule has 4 heteroatoms. The first-order chi connectivity index (χ1) is 11.2. The summed E-state index contributed by atoms with van der Waals surface area (Å²) in [7, 11) is 2.93. The van der Waals surface area contributed by atoms with Crippen LogP contribution in [-0.4, -0.2) is 27.0 Å². The molecule has 0 aliphatic carbocycles. The van der Waals surface area contributed by atoms with Gasteiger partial charge >= 0.3 is 5.97 Å². The van der Waals surface area contributed by atoms with Gasteiger partial charge in [0.2, 0.25) is 0 Å². The molecule has 120 valence electrons. The van der Waals surface area contributed by atoms with E-state index < -0.39 is 5.97 Å².